The highest BCUT2D eigenvalue weighted by Crippen LogP contribution is 2.28. The van der Waals surface area contributed by atoms with Gasteiger partial charge in [-0.25, -0.2) is 8.42 Å². The Morgan fingerprint density at radius 1 is 1.50 bits per heavy atom. The molecule has 0 radical (unpaired) electrons. The van der Waals surface area contributed by atoms with Gasteiger partial charge in [0.15, 0.2) is 9.84 Å². The number of benzene rings is 1. The van der Waals surface area contributed by atoms with E-state index in [0.29, 0.717) is 23.6 Å². The Morgan fingerprint density at radius 2 is 2.22 bits per heavy atom. The molecule has 1 aromatic rings. The minimum absolute atomic E-state index is 0.124. The number of phenolic OH excluding ortho intramolecular Hbond substituents is 1. The van der Waals surface area contributed by atoms with Gasteiger partial charge in [0, 0.05) is 22.7 Å². The molecule has 100 valence electrons. The SMILES string of the molecule is CC1(NCc2c(O)cccc2Cl)CCS(=O)(=O)C1. The van der Waals surface area contributed by atoms with Crippen LogP contribution < -0.4 is 5.32 Å². The second-order valence-corrected chi connectivity index (χ2v) is 7.59. The van der Waals surface area contributed by atoms with E-state index in [1.54, 1.807) is 18.2 Å². The van der Waals surface area contributed by atoms with Gasteiger partial charge in [-0.15, -0.1) is 0 Å². The molecule has 1 fully saturated rings. The highest BCUT2D eigenvalue weighted by Gasteiger charge is 2.37. The van der Waals surface area contributed by atoms with Crippen LogP contribution in [-0.4, -0.2) is 30.6 Å². The summed E-state index contributed by atoms with van der Waals surface area (Å²) in [5.74, 6) is 0.468. The van der Waals surface area contributed by atoms with Crippen LogP contribution in [0.4, 0.5) is 0 Å². The average molecular weight is 290 g/mol. The van der Waals surface area contributed by atoms with Crippen LogP contribution in [0.1, 0.15) is 18.9 Å². The minimum Gasteiger partial charge on any atom is -0.508 e. The Bertz CT molecular complexity index is 538. The first-order chi connectivity index (χ1) is 8.31. The molecule has 6 heteroatoms. The number of rotatable bonds is 3. The molecule has 0 spiro atoms. The lowest BCUT2D eigenvalue weighted by atomic mass is 10.0. The Hall–Kier alpha value is -0.780. The number of sulfone groups is 1. The van der Waals surface area contributed by atoms with Crippen molar-refractivity contribution < 1.29 is 13.5 Å². The monoisotopic (exact) mass is 289 g/mol. The van der Waals surface area contributed by atoms with Crippen LogP contribution in [0.3, 0.4) is 0 Å². The molecule has 1 aliphatic heterocycles. The van der Waals surface area contributed by atoms with Crippen molar-refractivity contribution in [1.29, 1.82) is 0 Å². The van der Waals surface area contributed by atoms with Crippen molar-refractivity contribution in [3.05, 3.63) is 28.8 Å². The van der Waals surface area contributed by atoms with Crippen LogP contribution in [0, 0.1) is 0 Å². The molecule has 0 bridgehead atoms. The van der Waals surface area contributed by atoms with Gasteiger partial charge < -0.3 is 10.4 Å². The van der Waals surface area contributed by atoms with Gasteiger partial charge in [-0.1, -0.05) is 17.7 Å². The topological polar surface area (TPSA) is 66.4 Å². The second kappa shape index (κ2) is 4.72. The lowest BCUT2D eigenvalue weighted by Crippen LogP contribution is -2.42. The number of hydrogen-bond acceptors (Lipinski definition) is 4. The molecule has 1 heterocycles. The van der Waals surface area contributed by atoms with Crippen molar-refractivity contribution in [1.82, 2.24) is 5.32 Å². The van der Waals surface area contributed by atoms with Gasteiger partial charge in [0.25, 0.3) is 0 Å². The average Bonchev–Trinajstić information content (AvgIpc) is 2.53. The maximum Gasteiger partial charge on any atom is 0.152 e. The molecule has 1 atom stereocenters. The second-order valence-electron chi connectivity index (χ2n) is 4.99. The fraction of sp³-hybridized carbons (Fsp3) is 0.500. The first-order valence-corrected chi connectivity index (χ1v) is 7.93. The molecule has 1 aromatic carbocycles. The van der Waals surface area contributed by atoms with Gasteiger partial charge in [-0.3, -0.25) is 0 Å². The summed E-state index contributed by atoms with van der Waals surface area (Å²) in [7, 11) is -2.94. The van der Waals surface area contributed by atoms with Gasteiger partial charge in [0.05, 0.1) is 11.5 Å². The highest BCUT2D eigenvalue weighted by atomic mass is 35.5. The molecule has 18 heavy (non-hydrogen) atoms. The molecule has 1 aliphatic rings. The van der Waals surface area contributed by atoms with E-state index >= 15 is 0 Å². The fourth-order valence-corrected chi connectivity index (χ4v) is 4.53. The Labute approximate surface area is 112 Å². The lowest BCUT2D eigenvalue weighted by Gasteiger charge is -2.24. The summed E-state index contributed by atoms with van der Waals surface area (Å²) in [6.07, 6.45) is 0.584. The highest BCUT2D eigenvalue weighted by molar-refractivity contribution is 7.91. The minimum atomic E-state index is -2.94. The molecule has 0 aliphatic carbocycles. The number of aromatic hydroxyl groups is 1. The van der Waals surface area contributed by atoms with Crippen LogP contribution >= 0.6 is 11.6 Å². The molecule has 4 nitrogen and oxygen atoms in total. The fourth-order valence-electron chi connectivity index (χ4n) is 2.17. The summed E-state index contributed by atoms with van der Waals surface area (Å²) in [4.78, 5) is 0. The third-order valence-corrected chi connectivity index (χ3v) is 5.55. The largest absolute Gasteiger partial charge is 0.508 e. The molecule has 2 rings (SSSR count). The van der Waals surface area contributed by atoms with E-state index in [1.807, 2.05) is 6.92 Å². The zero-order valence-corrected chi connectivity index (χ0v) is 11.7. The zero-order valence-electron chi connectivity index (χ0n) is 10.1. The summed E-state index contributed by atoms with van der Waals surface area (Å²) in [5, 5.41) is 13.4. The van der Waals surface area contributed by atoms with Crippen molar-refractivity contribution >= 4 is 21.4 Å². The van der Waals surface area contributed by atoms with Gasteiger partial charge >= 0.3 is 0 Å². The molecule has 2 N–H and O–H groups in total. The molecule has 0 amide bonds. The summed E-state index contributed by atoms with van der Waals surface area (Å²) in [6, 6.07) is 4.94. The van der Waals surface area contributed by atoms with Gasteiger partial charge in [-0.05, 0) is 25.5 Å². The summed E-state index contributed by atoms with van der Waals surface area (Å²) < 4.78 is 23.0. The van der Waals surface area contributed by atoms with Gasteiger partial charge in [-0.2, -0.15) is 0 Å². The normalized spacial score (nSPS) is 26.3. The van der Waals surface area contributed by atoms with E-state index in [9.17, 15) is 13.5 Å². The van der Waals surface area contributed by atoms with Crippen LogP contribution in [0.25, 0.3) is 0 Å². The van der Waals surface area contributed by atoms with Gasteiger partial charge in [0.1, 0.15) is 5.75 Å². The molecule has 1 saturated heterocycles. The Kier molecular flexibility index (Phi) is 3.58. The number of phenols is 1. The van der Waals surface area contributed by atoms with E-state index < -0.39 is 15.4 Å². The standard InChI is InChI=1S/C12H16ClNO3S/c1-12(5-6-18(16,17)8-12)14-7-9-10(13)3-2-4-11(9)15/h2-4,14-15H,5-8H2,1H3. The predicted molar refractivity (Wildman–Crippen MR) is 71.6 cm³/mol. The number of halogens is 1. The summed E-state index contributed by atoms with van der Waals surface area (Å²) in [6.45, 7) is 2.24. The van der Waals surface area contributed by atoms with E-state index in [-0.39, 0.29) is 17.3 Å². The quantitative estimate of drug-likeness (QED) is 0.889. The van der Waals surface area contributed by atoms with Gasteiger partial charge in [0.2, 0.25) is 0 Å². The smallest absolute Gasteiger partial charge is 0.152 e. The predicted octanol–water partition coefficient (Wildman–Crippen LogP) is 1.71. The maximum atomic E-state index is 11.5. The number of hydrogen-bond donors (Lipinski definition) is 2. The van der Waals surface area contributed by atoms with E-state index in [4.69, 9.17) is 11.6 Å². The third kappa shape index (κ3) is 2.96. The molecular weight excluding hydrogens is 274 g/mol. The maximum absolute atomic E-state index is 11.5. The first-order valence-electron chi connectivity index (χ1n) is 5.73. The first kappa shape index (κ1) is 13.6. The number of nitrogens with one attached hydrogen (secondary N) is 1. The Balaban J connectivity index is 2.09. The van der Waals surface area contributed by atoms with E-state index in [0.717, 1.165) is 0 Å². The van der Waals surface area contributed by atoms with Crippen molar-refractivity contribution in [3.8, 4) is 5.75 Å². The van der Waals surface area contributed by atoms with Crippen molar-refractivity contribution in [2.24, 2.45) is 0 Å². The van der Waals surface area contributed by atoms with Crippen LogP contribution in [0.2, 0.25) is 5.02 Å². The van der Waals surface area contributed by atoms with Crippen molar-refractivity contribution in [3.63, 3.8) is 0 Å². The van der Waals surface area contributed by atoms with Crippen molar-refractivity contribution in [2.45, 2.75) is 25.4 Å². The zero-order chi connectivity index (χ0) is 13.4. The van der Waals surface area contributed by atoms with E-state index in [2.05, 4.69) is 5.32 Å². The molecule has 1 unspecified atom stereocenters. The molecular formula is C12H16ClNO3S. The molecule has 0 saturated carbocycles. The van der Waals surface area contributed by atoms with Crippen LogP contribution in [0.15, 0.2) is 18.2 Å². The van der Waals surface area contributed by atoms with E-state index in [1.165, 1.54) is 0 Å². The van der Waals surface area contributed by atoms with Crippen LogP contribution in [-0.2, 0) is 16.4 Å². The molecule has 0 aromatic heterocycles. The lowest BCUT2D eigenvalue weighted by molar-refractivity contribution is 0.388. The van der Waals surface area contributed by atoms with Crippen molar-refractivity contribution in [2.75, 3.05) is 11.5 Å². The summed E-state index contributed by atoms with van der Waals surface area (Å²) in [5.41, 5.74) is 0.162. The van der Waals surface area contributed by atoms with Crippen LogP contribution in [0.5, 0.6) is 5.75 Å². The third-order valence-electron chi connectivity index (χ3n) is 3.29. The Morgan fingerprint density at radius 3 is 2.78 bits per heavy atom. The summed E-state index contributed by atoms with van der Waals surface area (Å²) >= 11 is 6.00.